The number of pyridine rings is 1. The highest BCUT2D eigenvalue weighted by atomic mass is 35.5. The Morgan fingerprint density at radius 2 is 1.79 bits per heavy atom. The molecule has 1 amide bonds. The van der Waals surface area contributed by atoms with Crippen molar-refractivity contribution in [1.82, 2.24) is 24.2 Å². The van der Waals surface area contributed by atoms with Gasteiger partial charge >= 0.3 is 5.97 Å². The number of rotatable bonds is 9. The summed E-state index contributed by atoms with van der Waals surface area (Å²) in [5.41, 5.74) is 9.06. The molecule has 9 nitrogen and oxygen atoms in total. The first-order valence-corrected chi connectivity index (χ1v) is 16.0. The van der Waals surface area contributed by atoms with Crippen molar-refractivity contribution in [1.29, 1.82) is 0 Å². The number of carboxylic acid groups (broad SMARTS) is 1. The van der Waals surface area contributed by atoms with Gasteiger partial charge in [-0.15, -0.1) is 0 Å². The third-order valence-electron chi connectivity index (χ3n) is 8.80. The van der Waals surface area contributed by atoms with Crippen molar-refractivity contribution < 1.29 is 19.4 Å². The highest BCUT2D eigenvalue weighted by Gasteiger charge is 2.35. The number of carbonyl (C=O) groups excluding carboxylic acids is 1. The summed E-state index contributed by atoms with van der Waals surface area (Å²) in [5.74, 6) is -0.472. The van der Waals surface area contributed by atoms with E-state index in [0.717, 1.165) is 60.9 Å². The van der Waals surface area contributed by atoms with E-state index in [1.165, 1.54) is 12.3 Å². The number of fused-ring (bicyclic) bond motifs is 3. The number of halogens is 2. The molecule has 3 aromatic heterocycles. The highest BCUT2D eigenvalue weighted by molar-refractivity contribution is 6.35. The summed E-state index contributed by atoms with van der Waals surface area (Å²) in [4.78, 5) is 31.8. The molecular weight excluding hydrogens is 637 g/mol. The van der Waals surface area contributed by atoms with E-state index in [0.29, 0.717) is 41.6 Å². The maximum atomic E-state index is 14.4. The number of nitrogens with zero attached hydrogens (tertiary/aromatic N) is 5. The molecule has 11 heteroatoms. The molecule has 0 spiro atoms. The van der Waals surface area contributed by atoms with Crippen molar-refractivity contribution in [2.24, 2.45) is 7.05 Å². The lowest BCUT2D eigenvalue weighted by molar-refractivity contribution is 0.0693. The van der Waals surface area contributed by atoms with E-state index in [1.54, 1.807) is 11.0 Å². The van der Waals surface area contributed by atoms with Crippen LogP contribution in [0, 0.1) is 27.7 Å². The molecule has 6 rings (SSSR count). The van der Waals surface area contributed by atoms with E-state index < -0.39 is 5.97 Å². The van der Waals surface area contributed by atoms with Crippen LogP contribution < -0.4 is 4.74 Å². The molecule has 2 aromatic carbocycles. The average molecular weight is 673 g/mol. The second-order valence-corrected chi connectivity index (χ2v) is 12.8. The highest BCUT2D eigenvalue weighted by Crippen LogP contribution is 2.44. The maximum absolute atomic E-state index is 14.4. The maximum Gasteiger partial charge on any atom is 0.337 e. The number of hydrogen-bond acceptors (Lipinski definition) is 5. The summed E-state index contributed by atoms with van der Waals surface area (Å²) in [6.45, 7) is 13.2. The molecule has 0 saturated carbocycles. The Hall–Kier alpha value is -4.60. The standard InChI is InChI=1S/C36H35Cl2N5O4/c1-19-14-26(15-20(2)32(19)38)47-13-7-8-27-28-11-12-29(37)31(30-22(4)40-41(6)23(30)5)33(28)43-21(3)17-42(35(44)34(27)43)18-25-10-9-24(16-39-25)36(45)46/h9-12,14-16H,3,7-8,13,17-18H2,1-2,4-6H3,(H,45,46). The lowest BCUT2D eigenvalue weighted by Gasteiger charge is -2.31. The molecule has 47 heavy (non-hydrogen) atoms. The van der Waals surface area contributed by atoms with Crippen LogP contribution in [0.4, 0.5) is 0 Å². The van der Waals surface area contributed by atoms with Crippen LogP contribution in [0.5, 0.6) is 5.75 Å². The molecule has 4 heterocycles. The first-order chi connectivity index (χ1) is 22.4. The number of hydrogen-bond donors (Lipinski definition) is 1. The zero-order valence-electron chi connectivity index (χ0n) is 26.9. The van der Waals surface area contributed by atoms with Crippen LogP contribution in [0.1, 0.15) is 61.0 Å². The summed E-state index contributed by atoms with van der Waals surface area (Å²) in [7, 11) is 1.90. The molecule has 0 atom stereocenters. The third kappa shape index (κ3) is 5.79. The Kier molecular flexibility index (Phi) is 8.63. The van der Waals surface area contributed by atoms with Crippen LogP contribution in [0.25, 0.3) is 27.7 Å². The minimum Gasteiger partial charge on any atom is -0.494 e. The van der Waals surface area contributed by atoms with Gasteiger partial charge in [0.05, 0.1) is 47.2 Å². The van der Waals surface area contributed by atoms with Gasteiger partial charge in [0.15, 0.2) is 0 Å². The molecule has 1 N–H and O–H groups in total. The Labute approximate surface area is 283 Å². The zero-order chi connectivity index (χ0) is 33.7. The second-order valence-electron chi connectivity index (χ2n) is 12.0. The van der Waals surface area contributed by atoms with Gasteiger partial charge in [-0.1, -0.05) is 35.8 Å². The van der Waals surface area contributed by atoms with E-state index in [2.05, 4.69) is 16.7 Å². The number of amides is 1. The summed E-state index contributed by atoms with van der Waals surface area (Å²) in [6, 6.07) is 10.9. The Morgan fingerprint density at radius 1 is 1.06 bits per heavy atom. The zero-order valence-corrected chi connectivity index (χ0v) is 28.5. The SMILES string of the molecule is C=C1CN(Cc2ccc(C(=O)O)cn2)C(=O)c2c(CCCOc3cc(C)c(Cl)c(C)c3)c3ccc(Cl)c(-c4c(C)nn(C)c4C)c3n21. The average Bonchev–Trinajstić information content (AvgIpc) is 3.49. The fourth-order valence-corrected chi connectivity index (χ4v) is 6.85. The molecule has 0 unspecified atom stereocenters. The number of carboxylic acids is 1. The molecule has 1 aliphatic heterocycles. The normalized spacial score (nSPS) is 13.0. The Bertz CT molecular complexity index is 2070. The van der Waals surface area contributed by atoms with E-state index in [-0.39, 0.29) is 24.6 Å². The van der Waals surface area contributed by atoms with Gasteiger partial charge in [-0.25, -0.2) is 4.79 Å². The van der Waals surface area contributed by atoms with E-state index in [1.807, 2.05) is 68.3 Å². The molecule has 0 saturated heterocycles. The van der Waals surface area contributed by atoms with Crippen LogP contribution in [0.15, 0.2) is 49.2 Å². The van der Waals surface area contributed by atoms with Crippen molar-refractivity contribution in [2.75, 3.05) is 13.2 Å². The van der Waals surface area contributed by atoms with Gasteiger partial charge in [-0.3, -0.25) is 14.5 Å². The van der Waals surface area contributed by atoms with Crippen molar-refractivity contribution >= 4 is 51.7 Å². The Morgan fingerprint density at radius 3 is 2.40 bits per heavy atom. The van der Waals surface area contributed by atoms with Gasteiger partial charge in [-0.2, -0.15) is 5.10 Å². The second kappa shape index (κ2) is 12.5. The molecule has 5 aromatic rings. The largest absolute Gasteiger partial charge is 0.494 e. The molecule has 242 valence electrons. The minimum atomic E-state index is -1.06. The predicted octanol–water partition coefficient (Wildman–Crippen LogP) is 7.81. The molecular formula is C36H35Cl2N5O4. The lowest BCUT2D eigenvalue weighted by atomic mass is 9.98. The number of aromatic nitrogens is 4. The van der Waals surface area contributed by atoms with E-state index in [9.17, 15) is 14.7 Å². The van der Waals surface area contributed by atoms with Crippen LogP contribution in [0.2, 0.25) is 10.0 Å². The van der Waals surface area contributed by atoms with Gasteiger partial charge in [0.2, 0.25) is 0 Å². The summed E-state index contributed by atoms with van der Waals surface area (Å²) in [6.07, 6.45) is 2.52. The number of benzene rings is 2. The van der Waals surface area contributed by atoms with Crippen LogP contribution in [-0.4, -0.2) is 54.4 Å². The topological polar surface area (TPSA) is 102 Å². The molecule has 0 aliphatic carbocycles. The predicted molar refractivity (Wildman–Crippen MR) is 185 cm³/mol. The number of aryl methyl sites for hydroxylation is 5. The van der Waals surface area contributed by atoms with Gasteiger partial charge in [0, 0.05) is 46.2 Å². The summed E-state index contributed by atoms with van der Waals surface area (Å²) < 4.78 is 9.94. The van der Waals surface area contributed by atoms with Crippen LogP contribution in [0.3, 0.4) is 0 Å². The monoisotopic (exact) mass is 671 g/mol. The van der Waals surface area contributed by atoms with Crippen molar-refractivity contribution in [3.05, 3.63) is 104 Å². The minimum absolute atomic E-state index is 0.0853. The summed E-state index contributed by atoms with van der Waals surface area (Å²) in [5, 5.41) is 16.1. The number of aromatic carboxylic acids is 1. The number of carbonyl (C=O) groups is 2. The van der Waals surface area contributed by atoms with Crippen molar-refractivity contribution in [3.63, 3.8) is 0 Å². The van der Waals surface area contributed by atoms with E-state index >= 15 is 0 Å². The first kappa shape index (κ1) is 32.3. The third-order valence-corrected chi connectivity index (χ3v) is 9.71. The first-order valence-electron chi connectivity index (χ1n) is 15.3. The van der Waals surface area contributed by atoms with Gasteiger partial charge in [-0.05, 0) is 87.6 Å². The van der Waals surface area contributed by atoms with Gasteiger partial charge in [0.25, 0.3) is 5.91 Å². The smallest absolute Gasteiger partial charge is 0.337 e. The Balaban J connectivity index is 1.43. The van der Waals surface area contributed by atoms with Crippen LogP contribution in [-0.2, 0) is 20.0 Å². The van der Waals surface area contributed by atoms with Gasteiger partial charge < -0.3 is 19.3 Å². The van der Waals surface area contributed by atoms with Gasteiger partial charge in [0.1, 0.15) is 11.4 Å². The molecule has 0 bridgehead atoms. The summed E-state index contributed by atoms with van der Waals surface area (Å²) >= 11 is 13.3. The van der Waals surface area contributed by atoms with Crippen molar-refractivity contribution in [3.8, 4) is 16.9 Å². The lowest BCUT2D eigenvalue weighted by Crippen LogP contribution is -2.39. The fraction of sp³-hybridized carbons (Fsp3) is 0.278. The molecule has 0 radical (unpaired) electrons. The molecule has 1 aliphatic rings. The molecule has 0 fully saturated rings. The number of ether oxygens (including phenoxy) is 1. The van der Waals surface area contributed by atoms with Crippen LogP contribution >= 0.6 is 23.2 Å². The quantitative estimate of drug-likeness (QED) is 0.160. The van der Waals surface area contributed by atoms with E-state index in [4.69, 9.17) is 27.9 Å². The fourth-order valence-electron chi connectivity index (χ4n) is 6.49. The van der Waals surface area contributed by atoms with Crippen molar-refractivity contribution in [2.45, 2.75) is 47.1 Å².